The number of aryl methyl sites for hydroxylation is 1. The van der Waals surface area contributed by atoms with Gasteiger partial charge in [0.2, 0.25) is 5.91 Å². The molecule has 0 aliphatic heterocycles. The number of nitrogens with one attached hydrogen (secondary N) is 1. The van der Waals surface area contributed by atoms with Gasteiger partial charge < -0.3 is 20.2 Å². The van der Waals surface area contributed by atoms with Gasteiger partial charge in [0.15, 0.2) is 11.7 Å². The molecule has 1 amide bonds. The van der Waals surface area contributed by atoms with E-state index in [1.54, 1.807) is 25.3 Å². The van der Waals surface area contributed by atoms with Crippen molar-refractivity contribution in [1.29, 1.82) is 0 Å². The van der Waals surface area contributed by atoms with Crippen molar-refractivity contribution in [1.82, 2.24) is 4.98 Å². The standard InChI is InChI=1S/C14H17N3O3/c1-9-16-7-13(20-9)10-3-5-11(6-4-10)17-14(18)12(15)8-19-2/h3-7,12H,8,15H2,1-2H3,(H,17,18). The summed E-state index contributed by atoms with van der Waals surface area (Å²) in [7, 11) is 1.50. The summed E-state index contributed by atoms with van der Waals surface area (Å²) in [5, 5.41) is 2.72. The van der Waals surface area contributed by atoms with Gasteiger partial charge in [0, 0.05) is 25.3 Å². The van der Waals surface area contributed by atoms with Crippen LogP contribution in [0.4, 0.5) is 5.69 Å². The number of methoxy groups -OCH3 is 1. The van der Waals surface area contributed by atoms with Crippen LogP contribution in [0, 0.1) is 6.92 Å². The van der Waals surface area contributed by atoms with Crippen LogP contribution in [0.1, 0.15) is 5.89 Å². The molecule has 1 aromatic carbocycles. The molecule has 0 saturated carbocycles. The number of carbonyl (C=O) groups is 1. The molecule has 6 nitrogen and oxygen atoms in total. The number of hydrogen-bond donors (Lipinski definition) is 2. The maximum absolute atomic E-state index is 11.7. The van der Waals surface area contributed by atoms with Gasteiger partial charge >= 0.3 is 0 Å². The number of nitrogens with zero attached hydrogens (tertiary/aromatic N) is 1. The van der Waals surface area contributed by atoms with E-state index in [9.17, 15) is 4.79 Å². The van der Waals surface area contributed by atoms with Gasteiger partial charge in [0.05, 0.1) is 12.8 Å². The molecule has 0 saturated heterocycles. The smallest absolute Gasteiger partial charge is 0.243 e. The summed E-state index contributed by atoms with van der Waals surface area (Å²) in [5.74, 6) is 1.02. The van der Waals surface area contributed by atoms with Gasteiger partial charge in [-0.05, 0) is 24.3 Å². The summed E-state index contributed by atoms with van der Waals surface area (Å²) in [6.45, 7) is 1.97. The van der Waals surface area contributed by atoms with Crippen molar-refractivity contribution >= 4 is 11.6 Å². The lowest BCUT2D eigenvalue weighted by Crippen LogP contribution is -2.39. The van der Waals surface area contributed by atoms with Crippen LogP contribution in [0.25, 0.3) is 11.3 Å². The molecule has 0 aliphatic rings. The first-order valence-corrected chi connectivity index (χ1v) is 6.18. The molecular weight excluding hydrogens is 258 g/mol. The molecule has 20 heavy (non-hydrogen) atoms. The zero-order valence-corrected chi connectivity index (χ0v) is 11.4. The van der Waals surface area contributed by atoms with Crippen molar-refractivity contribution < 1.29 is 13.9 Å². The second kappa shape index (κ2) is 6.31. The van der Waals surface area contributed by atoms with Gasteiger partial charge in [-0.2, -0.15) is 0 Å². The number of oxazole rings is 1. The number of anilines is 1. The van der Waals surface area contributed by atoms with E-state index in [1.807, 2.05) is 12.1 Å². The van der Waals surface area contributed by atoms with Crippen LogP contribution in [0.5, 0.6) is 0 Å². The Kier molecular flexibility index (Phi) is 4.49. The van der Waals surface area contributed by atoms with Crippen LogP contribution < -0.4 is 11.1 Å². The van der Waals surface area contributed by atoms with Gasteiger partial charge in [-0.25, -0.2) is 4.98 Å². The van der Waals surface area contributed by atoms with E-state index in [4.69, 9.17) is 14.9 Å². The Labute approximate surface area is 116 Å². The van der Waals surface area contributed by atoms with E-state index in [0.29, 0.717) is 17.3 Å². The molecule has 0 bridgehead atoms. The third-order valence-corrected chi connectivity index (χ3v) is 2.74. The Morgan fingerprint density at radius 2 is 2.15 bits per heavy atom. The minimum atomic E-state index is -0.684. The molecule has 1 heterocycles. The molecule has 106 valence electrons. The van der Waals surface area contributed by atoms with Gasteiger partial charge in [0.1, 0.15) is 6.04 Å². The monoisotopic (exact) mass is 275 g/mol. The van der Waals surface area contributed by atoms with Crippen molar-refractivity contribution in [2.45, 2.75) is 13.0 Å². The number of hydrogen-bond acceptors (Lipinski definition) is 5. The molecule has 2 aromatic rings. The average Bonchev–Trinajstić information content (AvgIpc) is 2.86. The van der Waals surface area contributed by atoms with E-state index in [1.165, 1.54) is 7.11 Å². The molecule has 6 heteroatoms. The first-order valence-electron chi connectivity index (χ1n) is 6.18. The van der Waals surface area contributed by atoms with E-state index in [2.05, 4.69) is 10.3 Å². The zero-order valence-electron chi connectivity index (χ0n) is 11.4. The first kappa shape index (κ1) is 14.2. The highest BCUT2D eigenvalue weighted by Gasteiger charge is 2.13. The predicted octanol–water partition coefficient (Wildman–Crippen LogP) is 1.56. The normalized spacial score (nSPS) is 12.2. The van der Waals surface area contributed by atoms with Crippen LogP contribution in [-0.4, -0.2) is 30.6 Å². The fraction of sp³-hybridized carbons (Fsp3) is 0.286. The number of rotatable bonds is 5. The Bertz CT molecular complexity index is 578. The molecule has 1 aromatic heterocycles. The molecule has 0 fully saturated rings. The largest absolute Gasteiger partial charge is 0.441 e. The van der Waals surface area contributed by atoms with Gasteiger partial charge in [-0.1, -0.05) is 0 Å². The number of aromatic nitrogens is 1. The Balaban J connectivity index is 2.03. The summed E-state index contributed by atoms with van der Waals surface area (Å²) < 4.78 is 10.3. The molecule has 2 rings (SSSR count). The Morgan fingerprint density at radius 3 is 2.70 bits per heavy atom. The molecule has 0 aliphatic carbocycles. The number of benzene rings is 1. The maximum atomic E-state index is 11.7. The summed E-state index contributed by atoms with van der Waals surface area (Å²) >= 11 is 0. The predicted molar refractivity (Wildman–Crippen MR) is 75.2 cm³/mol. The van der Waals surface area contributed by atoms with Crippen LogP contribution in [0.15, 0.2) is 34.9 Å². The van der Waals surface area contributed by atoms with Gasteiger partial charge in [-0.15, -0.1) is 0 Å². The van der Waals surface area contributed by atoms with Crippen molar-refractivity contribution in [3.63, 3.8) is 0 Å². The zero-order chi connectivity index (χ0) is 14.5. The van der Waals surface area contributed by atoms with Crippen molar-refractivity contribution in [3.05, 3.63) is 36.4 Å². The summed E-state index contributed by atoms with van der Waals surface area (Å²) in [5.41, 5.74) is 7.20. The van der Waals surface area contributed by atoms with E-state index in [0.717, 1.165) is 5.56 Å². The van der Waals surface area contributed by atoms with Gasteiger partial charge in [0.25, 0.3) is 0 Å². The lowest BCUT2D eigenvalue weighted by molar-refractivity contribution is -0.118. The fourth-order valence-electron chi connectivity index (χ4n) is 1.70. The minimum Gasteiger partial charge on any atom is -0.441 e. The van der Waals surface area contributed by atoms with Crippen LogP contribution in [-0.2, 0) is 9.53 Å². The van der Waals surface area contributed by atoms with Crippen molar-refractivity contribution in [2.24, 2.45) is 5.73 Å². The molecule has 1 atom stereocenters. The topological polar surface area (TPSA) is 90.4 Å². The van der Waals surface area contributed by atoms with E-state index < -0.39 is 6.04 Å². The Hall–Kier alpha value is -2.18. The third-order valence-electron chi connectivity index (χ3n) is 2.74. The summed E-state index contributed by atoms with van der Waals surface area (Å²) in [4.78, 5) is 15.8. The average molecular weight is 275 g/mol. The third kappa shape index (κ3) is 3.43. The second-order valence-corrected chi connectivity index (χ2v) is 4.37. The highest BCUT2D eigenvalue weighted by molar-refractivity contribution is 5.94. The second-order valence-electron chi connectivity index (χ2n) is 4.37. The number of carbonyl (C=O) groups excluding carboxylic acids is 1. The lowest BCUT2D eigenvalue weighted by atomic mass is 10.1. The van der Waals surface area contributed by atoms with Crippen LogP contribution in [0.2, 0.25) is 0 Å². The first-order chi connectivity index (χ1) is 9.60. The van der Waals surface area contributed by atoms with Crippen molar-refractivity contribution in [3.8, 4) is 11.3 Å². The summed E-state index contributed by atoms with van der Waals surface area (Å²) in [6, 6.07) is 6.57. The van der Waals surface area contributed by atoms with E-state index in [-0.39, 0.29) is 12.5 Å². The number of nitrogens with two attached hydrogens (primary N) is 1. The molecule has 3 N–H and O–H groups in total. The fourth-order valence-corrected chi connectivity index (χ4v) is 1.70. The van der Waals surface area contributed by atoms with E-state index >= 15 is 0 Å². The Morgan fingerprint density at radius 1 is 1.45 bits per heavy atom. The quantitative estimate of drug-likeness (QED) is 0.864. The van der Waals surface area contributed by atoms with Crippen LogP contribution in [0.3, 0.4) is 0 Å². The lowest BCUT2D eigenvalue weighted by Gasteiger charge is -2.11. The molecule has 1 unspecified atom stereocenters. The molecule has 0 spiro atoms. The highest BCUT2D eigenvalue weighted by atomic mass is 16.5. The van der Waals surface area contributed by atoms with Crippen molar-refractivity contribution in [2.75, 3.05) is 19.0 Å². The highest BCUT2D eigenvalue weighted by Crippen LogP contribution is 2.22. The number of ether oxygens (including phenoxy) is 1. The SMILES string of the molecule is COCC(N)C(=O)Nc1ccc(-c2cnc(C)o2)cc1. The van der Waals surface area contributed by atoms with Crippen LogP contribution >= 0.6 is 0 Å². The molecular formula is C14H17N3O3. The minimum absolute atomic E-state index is 0.182. The molecule has 0 radical (unpaired) electrons. The maximum Gasteiger partial charge on any atom is 0.243 e. The summed E-state index contributed by atoms with van der Waals surface area (Å²) in [6.07, 6.45) is 1.66. The number of amides is 1. The van der Waals surface area contributed by atoms with Gasteiger partial charge in [-0.3, -0.25) is 4.79 Å².